The Morgan fingerprint density at radius 1 is 0.911 bits per heavy atom. The summed E-state index contributed by atoms with van der Waals surface area (Å²) in [6.45, 7) is 16.6. The molecule has 45 heavy (non-hydrogen) atoms. The third kappa shape index (κ3) is 7.81. The van der Waals surface area contributed by atoms with Gasteiger partial charge in [0.15, 0.2) is 5.78 Å². The Balaban J connectivity index is 0.000000270. The maximum absolute atomic E-state index is 12.2. The van der Waals surface area contributed by atoms with Crippen LogP contribution in [0.25, 0.3) is 33.2 Å². The predicted molar refractivity (Wildman–Crippen MR) is 184 cm³/mol. The first-order valence-electron chi connectivity index (χ1n) is 16.3. The average Bonchev–Trinajstić information content (AvgIpc) is 3.06. The van der Waals surface area contributed by atoms with Crippen LogP contribution in [0.5, 0.6) is 0 Å². The molecule has 5 heteroatoms. The molecule has 0 spiro atoms. The van der Waals surface area contributed by atoms with Gasteiger partial charge in [-0.1, -0.05) is 96.7 Å². The standard InChI is InChI=1S/C25H21N2.C15H28O2.Ir/c1-16(2)22-13-19(12-17-6-3-4-7-20(17)22)25-14-23-18(15-27-25)9-10-24-21(23)8-5-11-26-24;1-7-14(5,8-2)12(16)11-13(17)15(6,9-3)10-4;/h3-8,11,13-16H,9-10H2,1-2H3;11,16H,7-10H2,1-6H3;/q-1;;/b;12-11-;. The van der Waals surface area contributed by atoms with Gasteiger partial charge in [-0.2, -0.15) is 0 Å². The van der Waals surface area contributed by atoms with Crippen LogP contribution in [-0.2, 0) is 37.7 Å². The van der Waals surface area contributed by atoms with Gasteiger partial charge < -0.3 is 5.11 Å². The third-order valence-corrected chi connectivity index (χ3v) is 10.1. The number of fused-ring (bicyclic) bond motifs is 4. The van der Waals surface area contributed by atoms with Crippen molar-refractivity contribution in [3.8, 4) is 22.4 Å². The maximum atomic E-state index is 12.2. The van der Waals surface area contributed by atoms with Gasteiger partial charge in [0.25, 0.3) is 0 Å². The van der Waals surface area contributed by atoms with Crippen LogP contribution < -0.4 is 0 Å². The number of pyridine rings is 2. The van der Waals surface area contributed by atoms with E-state index < -0.39 is 0 Å². The van der Waals surface area contributed by atoms with E-state index in [2.05, 4.69) is 67.4 Å². The van der Waals surface area contributed by atoms with Crippen molar-refractivity contribution >= 4 is 16.6 Å². The van der Waals surface area contributed by atoms with Crippen molar-refractivity contribution < 1.29 is 30.0 Å². The number of aromatic nitrogens is 2. The molecule has 4 aromatic rings. The topological polar surface area (TPSA) is 63.1 Å². The van der Waals surface area contributed by atoms with Crippen LogP contribution in [0.4, 0.5) is 0 Å². The molecule has 1 aliphatic carbocycles. The van der Waals surface area contributed by atoms with Gasteiger partial charge in [0.1, 0.15) is 5.76 Å². The molecule has 0 aliphatic heterocycles. The van der Waals surface area contributed by atoms with Crippen molar-refractivity contribution in [2.24, 2.45) is 10.8 Å². The van der Waals surface area contributed by atoms with Crippen molar-refractivity contribution in [2.45, 2.75) is 99.8 Å². The van der Waals surface area contributed by atoms with Crippen molar-refractivity contribution in [2.75, 3.05) is 0 Å². The summed E-state index contributed by atoms with van der Waals surface area (Å²) in [6.07, 6.45) is 10.7. The molecule has 0 amide bonds. The van der Waals surface area contributed by atoms with Gasteiger partial charge in [-0.05, 0) is 61.6 Å². The fraction of sp³-hybridized carbons (Fsp3) is 0.425. The third-order valence-electron chi connectivity index (χ3n) is 10.1. The Bertz CT molecular complexity index is 1650. The average molecular weight is 782 g/mol. The number of carbonyl (C=O) groups excluding carboxylic acids is 1. The zero-order chi connectivity index (χ0) is 32.1. The second-order valence-corrected chi connectivity index (χ2v) is 13.0. The molecule has 2 heterocycles. The van der Waals surface area contributed by atoms with E-state index in [0.29, 0.717) is 5.92 Å². The molecular weight excluding hydrogens is 733 g/mol. The number of benzene rings is 2. The Morgan fingerprint density at radius 2 is 1.58 bits per heavy atom. The Kier molecular flexibility index (Phi) is 12.5. The molecule has 5 rings (SSSR count). The minimum atomic E-state index is -0.337. The van der Waals surface area contributed by atoms with Gasteiger partial charge in [-0.15, -0.1) is 29.1 Å². The second kappa shape index (κ2) is 15.4. The first-order chi connectivity index (χ1) is 21.0. The number of aryl methyl sites for hydroxylation is 2. The van der Waals surface area contributed by atoms with E-state index in [0.717, 1.165) is 55.2 Å². The molecular formula is C40H49IrN2O2-. The molecule has 0 atom stereocenters. The number of aliphatic hydroxyl groups is 1. The zero-order valence-electron chi connectivity index (χ0n) is 28.3. The summed E-state index contributed by atoms with van der Waals surface area (Å²) in [5.41, 5.74) is 7.80. The van der Waals surface area contributed by atoms with E-state index in [9.17, 15) is 9.90 Å². The number of carbonyl (C=O) groups is 1. The number of ketones is 1. The van der Waals surface area contributed by atoms with E-state index in [1.54, 1.807) is 0 Å². The van der Waals surface area contributed by atoms with Crippen LogP contribution in [0.2, 0.25) is 0 Å². The van der Waals surface area contributed by atoms with Gasteiger partial charge in [-0.3, -0.25) is 14.8 Å². The molecule has 1 radical (unpaired) electrons. The van der Waals surface area contributed by atoms with Crippen molar-refractivity contribution in [1.82, 2.24) is 9.97 Å². The normalized spacial score (nSPS) is 13.0. The molecule has 0 fully saturated rings. The molecule has 4 nitrogen and oxygen atoms in total. The van der Waals surface area contributed by atoms with Gasteiger partial charge in [-0.25, -0.2) is 0 Å². The molecule has 2 aromatic heterocycles. The van der Waals surface area contributed by atoms with Crippen LogP contribution >= 0.6 is 0 Å². The largest absolute Gasteiger partial charge is 0.512 e. The van der Waals surface area contributed by atoms with Gasteiger partial charge >= 0.3 is 0 Å². The minimum Gasteiger partial charge on any atom is -0.512 e. The molecule has 241 valence electrons. The fourth-order valence-corrected chi connectivity index (χ4v) is 5.77. The molecule has 0 saturated heterocycles. The molecule has 0 unspecified atom stereocenters. The summed E-state index contributed by atoms with van der Waals surface area (Å²) in [5, 5.41) is 12.6. The number of hydrogen-bond donors (Lipinski definition) is 1. The van der Waals surface area contributed by atoms with E-state index in [-0.39, 0.29) is 42.5 Å². The quantitative estimate of drug-likeness (QED) is 0.104. The summed E-state index contributed by atoms with van der Waals surface area (Å²) >= 11 is 0. The van der Waals surface area contributed by atoms with Crippen LogP contribution in [-0.4, -0.2) is 20.9 Å². The summed E-state index contributed by atoms with van der Waals surface area (Å²) < 4.78 is 0. The molecule has 1 aliphatic rings. The minimum absolute atomic E-state index is 0. The number of allylic oxidation sites excluding steroid dienone is 2. The maximum Gasteiger partial charge on any atom is 0.164 e. The Labute approximate surface area is 284 Å². The fourth-order valence-electron chi connectivity index (χ4n) is 5.77. The number of hydrogen-bond acceptors (Lipinski definition) is 4. The summed E-state index contributed by atoms with van der Waals surface area (Å²) in [7, 11) is 0. The first kappa shape index (κ1) is 36.3. The zero-order valence-corrected chi connectivity index (χ0v) is 30.6. The molecule has 2 aromatic carbocycles. The first-order valence-corrected chi connectivity index (χ1v) is 16.3. The van der Waals surface area contributed by atoms with E-state index in [1.807, 2.05) is 60.0 Å². The van der Waals surface area contributed by atoms with Crippen LogP contribution in [0.15, 0.2) is 72.8 Å². The predicted octanol–water partition coefficient (Wildman–Crippen LogP) is 10.6. The molecule has 0 saturated carbocycles. The van der Waals surface area contributed by atoms with Crippen molar-refractivity contribution in [3.05, 3.63) is 95.6 Å². The van der Waals surface area contributed by atoms with E-state index in [4.69, 9.17) is 4.98 Å². The number of rotatable bonds is 9. The van der Waals surface area contributed by atoms with Crippen molar-refractivity contribution in [3.63, 3.8) is 0 Å². The van der Waals surface area contributed by atoms with Crippen LogP contribution in [0.1, 0.15) is 104 Å². The number of nitrogens with zero attached hydrogens (tertiary/aromatic N) is 2. The monoisotopic (exact) mass is 782 g/mol. The molecule has 0 bridgehead atoms. The summed E-state index contributed by atoms with van der Waals surface area (Å²) in [5.74, 6) is 0.736. The van der Waals surface area contributed by atoms with Crippen LogP contribution in [0, 0.1) is 16.9 Å². The second-order valence-electron chi connectivity index (χ2n) is 13.0. The molecule has 1 N–H and O–H groups in total. The van der Waals surface area contributed by atoms with Crippen molar-refractivity contribution in [1.29, 1.82) is 0 Å². The summed E-state index contributed by atoms with van der Waals surface area (Å²) in [6, 6.07) is 20.8. The Morgan fingerprint density at radius 3 is 2.22 bits per heavy atom. The number of aliphatic hydroxyl groups excluding tert-OH is 1. The van der Waals surface area contributed by atoms with Gasteiger partial charge in [0, 0.05) is 66.4 Å². The Hall–Kier alpha value is -3.14. The van der Waals surface area contributed by atoms with Crippen LogP contribution in [0.3, 0.4) is 0 Å². The van der Waals surface area contributed by atoms with Gasteiger partial charge in [0.2, 0.25) is 0 Å². The smallest absolute Gasteiger partial charge is 0.164 e. The SMILES string of the molecule is CC(C)c1cc(-c2cc3c(cn2)CCc2ncccc2-3)[c-]c2ccccc12.CCC(C)(CC)C(=O)/C=C(\O)C(C)(CC)CC.[Ir]. The van der Waals surface area contributed by atoms with Gasteiger partial charge in [0.05, 0.1) is 0 Å². The van der Waals surface area contributed by atoms with E-state index >= 15 is 0 Å². The summed E-state index contributed by atoms with van der Waals surface area (Å²) in [4.78, 5) is 21.5. The van der Waals surface area contributed by atoms with E-state index in [1.165, 1.54) is 39.4 Å².